The molecule has 0 bridgehead atoms. The maximum absolute atomic E-state index is 13.1. The molecule has 3 rings (SSSR count). The van der Waals surface area contributed by atoms with Crippen molar-refractivity contribution in [1.29, 1.82) is 0 Å². The molecule has 1 amide bonds. The minimum Gasteiger partial charge on any atom is -0.316 e. The van der Waals surface area contributed by atoms with E-state index in [1.54, 1.807) is 16.8 Å². The third-order valence-electron chi connectivity index (χ3n) is 4.09. The molecule has 1 aliphatic heterocycles. The van der Waals surface area contributed by atoms with Crippen LogP contribution < -0.4 is 10.6 Å². The molecule has 2 heterocycles. The summed E-state index contributed by atoms with van der Waals surface area (Å²) in [7, 11) is 0. The molecule has 0 aliphatic carbocycles. The third kappa shape index (κ3) is 2.87. The lowest BCUT2D eigenvalue weighted by Gasteiger charge is -2.31. The average molecular weight is 302 g/mol. The molecule has 0 radical (unpaired) electrons. The van der Waals surface area contributed by atoms with Crippen molar-refractivity contribution >= 4 is 11.7 Å². The Labute approximate surface area is 128 Å². The highest BCUT2D eigenvalue weighted by Crippen LogP contribution is 2.21. The summed E-state index contributed by atoms with van der Waals surface area (Å²) in [5, 5.41) is 10.5. The van der Waals surface area contributed by atoms with Crippen molar-refractivity contribution in [2.45, 2.75) is 13.8 Å². The van der Waals surface area contributed by atoms with Crippen LogP contribution in [0.1, 0.15) is 12.6 Å². The van der Waals surface area contributed by atoms with Crippen LogP contribution in [0.4, 0.5) is 10.2 Å². The van der Waals surface area contributed by atoms with Crippen LogP contribution in [0.15, 0.2) is 30.3 Å². The molecule has 1 fully saturated rings. The van der Waals surface area contributed by atoms with Gasteiger partial charge in [-0.25, -0.2) is 9.07 Å². The summed E-state index contributed by atoms with van der Waals surface area (Å²) >= 11 is 0. The first kappa shape index (κ1) is 14.7. The lowest BCUT2D eigenvalue weighted by Crippen LogP contribution is -2.48. The van der Waals surface area contributed by atoms with Gasteiger partial charge in [-0.3, -0.25) is 4.79 Å². The number of anilines is 1. The van der Waals surface area contributed by atoms with E-state index in [0.29, 0.717) is 17.4 Å². The Balaban J connectivity index is 1.81. The number of halogens is 1. The van der Waals surface area contributed by atoms with Gasteiger partial charge >= 0.3 is 0 Å². The lowest BCUT2D eigenvalue weighted by molar-refractivity contribution is -0.121. The zero-order valence-electron chi connectivity index (χ0n) is 12.6. The van der Waals surface area contributed by atoms with Crippen LogP contribution in [0.2, 0.25) is 0 Å². The van der Waals surface area contributed by atoms with Gasteiger partial charge in [-0.15, -0.1) is 0 Å². The first-order valence-corrected chi connectivity index (χ1v) is 7.39. The number of amides is 1. The zero-order chi connectivity index (χ0) is 15.7. The van der Waals surface area contributed by atoms with Gasteiger partial charge in [0.15, 0.2) is 0 Å². The number of aromatic nitrogens is 2. The normalized spacial score (nSPS) is 16.1. The Morgan fingerprint density at radius 1 is 1.41 bits per heavy atom. The summed E-state index contributed by atoms with van der Waals surface area (Å²) in [4.78, 5) is 12.4. The number of hydrogen-bond acceptors (Lipinski definition) is 3. The van der Waals surface area contributed by atoms with Gasteiger partial charge < -0.3 is 10.6 Å². The van der Waals surface area contributed by atoms with E-state index in [0.717, 1.165) is 18.8 Å². The summed E-state index contributed by atoms with van der Waals surface area (Å²) in [5.74, 6) is 0.605. The molecule has 0 saturated carbocycles. The second-order valence-corrected chi connectivity index (χ2v) is 5.76. The minimum atomic E-state index is -0.302. The molecule has 1 aromatic heterocycles. The lowest BCUT2D eigenvalue weighted by atomic mass is 9.88. The fourth-order valence-electron chi connectivity index (χ4n) is 2.49. The van der Waals surface area contributed by atoms with E-state index < -0.39 is 0 Å². The molecular formula is C16H19FN4O. The summed E-state index contributed by atoms with van der Waals surface area (Å²) in [6.45, 7) is 5.55. The van der Waals surface area contributed by atoms with Crippen LogP contribution in [0.5, 0.6) is 0 Å². The molecule has 22 heavy (non-hydrogen) atoms. The van der Waals surface area contributed by atoms with Crippen LogP contribution >= 0.6 is 0 Å². The first-order valence-electron chi connectivity index (χ1n) is 7.39. The maximum atomic E-state index is 13.1. The van der Waals surface area contributed by atoms with E-state index in [4.69, 9.17) is 0 Å². The average Bonchev–Trinajstić information content (AvgIpc) is 2.78. The van der Waals surface area contributed by atoms with Gasteiger partial charge in [0.1, 0.15) is 11.6 Å². The molecule has 1 atom stereocenters. The molecule has 6 heteroatoms. The van der Waals surface area contributed by atoms with E-state index in [9.17, 15) is 9.18 Å². The summed E-state index contributed by atoms with van der Waals surface area (Å²) in [6, 6.07) is 7.83. The zero-order valence-corrected chi connectivity index (χ0v) is 12.6. The standard InChI is InChI=1S/C16H19FN4O/c1-10-7-15(19-16(22)11(2)12-8-18-9-12)21(20-10)14-5-3-13(17)4-6-14/h3-7,11-12,18H,8-9H2,1-2H3,(H,19,22). The molecule has 2 aromatic rings. The first-order chi connectivity index (χ1) is 10.5. The fraction of sp³-hybridized carbons (Fsp3) is 0.375. The predicted molar refractivity (Wildman–Crippen MR) is 82.4 cm³/mol. The second kappa shape index (κ2) is 5.88. The molecule has 2 N–H and O–H groups in total. The fourth-order valence-corrected chi connectivity index (χ4v) is 2.49. The molecule has 1 saturated heterocycles. The van der Waals surface area contributed by atoms with Gasteiger partial charge in [0, 0.05) is 12.0 Å². The molecule has 1 aliphatic rings. The van der Waals surface area contributed by atoms with Crippen LogP contribution in [0.25, 0.3) is 5.69 Å². The van der Waals surface area contributed by atoms with Crippen molar-refractivity contribution in [1.82, 2.24) is 15.1 Å². The van der Waals surface area contributed by atoms with Gasteiger partial charge in [-0.05, 0) is 50.2 Å². The predicted octanol–water partition coefficient (Wildman–Crippen LogP) is 2.11. The Kier molecular flexibility index (Phi) is 3.94. The number of rotatable bonds is 4. The molecule has 1 aromatic carbocycles. The third-order valence-corrected chi connectivity index (χ3v) is 4.09. The Morgan fingerprint density at radius 2 is 2.09 bits per heavy atom. The molecule has 0 spiro atoms. The second-order valence-electron chi connectivity index (χ2n) is 5.76. The van der Waals surface area contributed by atoms with Crippen molar-refractivity contribution in [3.63, 3.8) is 0 Å². The number of carbonyl (C=O) groups is 1. The number of nitrogens with zero attached hydrogens (tertiary/aromatic N) is 2. The van der Waals surface area contributed by atoms with Crippen molar-refractivity contribution < 1.29 is 9.18 Å². The Bertz CT molecular complexity index is 676. The summed E-state index contributed by atoms with van der Waals surface area (Å²) < 4.78 is 14.7. The number of hydrogen-bond donors (Lipinski definition) is 2. The van der Waals surface area contributed by atoms with E-state index in [-0.39, 0.29) is 17.6 Å². The smallest absolute Gasteiger partial charge is 0.228 e. The number of aryl methyl sites for hydroxylation is 1. The Hall–Kier alpha value is -2.21. The van der Waals surface area contributed by atoms with Gasteiger partial charge in [-0.2, -0.15) is 5.10 Å². The van der Waals surface area contributed by atoms with E-state index in [2.05, 4.69) is 15.7 Å². The van der Waals surface area contributed by atoms with Crippen molar-refractivity contribution in [2.75, 3.05) is 18.4 Å². The quantitative estimate of drug-likeness (QED) is 0.909. The number of benzene rings is 1. The summed E-state index contributed by atoms with van der Waals surface area (Å²) in [5.41, 5.74) is 1.50. The number of nitrogens with one attached hydrogen (secondary N) is 2. The van der Waals surface area contributed by atoms with E-state index in [1.165, 1.54) is 12.1 Å². The van der Waals surface area contributed by atoms with Gasteiger partial charge in [0.25, 0.3) is 0 Å². The number of carbonyl (C=O) groups excluding carboxylic acids is 1. The van der Waals surface area contributed by atoms with E-state index in [1.807, 2.05) is 19.9 Å². The molecule has 116 valence electrons. The Morgan fingerprint density at radius 3 is 2.68 bits per heavy atom. The van der Waals surface area contributed by atoms with Gasteiger partial charge in [-0.1, -0.05) is 6.92 Å². The maximum Gasteiger partial charge on any atom is 0.228 e. The van der Waals surface area contributed by atoms with Crippen molar-refractivity contribution in [2.24, 2.45) is 11.8 Å². The molecule has 1 unspecified atom stereocenters. The van der Waals surface area contributed by atoms with Crippen LogP contribution in [0.3, 0.4) is 0 Å². The monoisotopic (exact) mass is 302 g/mol. The highest BCUT2D eigenvalue weighted by Gasteiger charge is 2.29. The van der Waals surface area contributed by atoms with Gasteiger partial charge in [0.2, 0.25) is 5.91 Å². The van der Waals surface area contributed by atoms with Gasteiger partial charge in [0.05, 0.1) is 11.4 Å². The molecular weight excluding hydrogens is 283 g/mol. The van der Waals surface area contributed by atoms with Crippen LogP contribution in [-0.4, -0.2) is 28.8 Å². The van der Waals surface area contributed by atoms with Crippen LogP contribution in [-0.2, 0) is 4.79 Å². The SMILES string of the molecule is Cc1cc(NC(=O)C(C)C2CNC2)n(-c2ccc(F)cc2)n1. The minimum absolute atomic E-state index is 0.0187. The topological polar surface area (TPSA) is 59.0 Å². The molecule has 5 nitrogen and oxygen atoms in total. The highest BCUT2D eigenvalue weighted by molar-refractivity contribution is 5.92. The summed E-state index contributed by atoms with van der Waals surface area (Å²) in [6.07, 6.45) is 0. The largest absolute Gasteiger partial charge is 0.316 e. The van der Waals surface area contributed by atoms with Crippen LogP contribution in [0, 0.1) is 24.6 Å². The highest BCUT2D eigenvalue weighted by atomic mass is 19.1. The van der Waals surface area contributed by atoms with Crippen molar-refractivity contribution in [3.8, 4) is 5.69 Å². The van der Waals surface area contributed by atoms with Crippen molar-refractivity contribution in [3.05, 3.63) is 41.8 Å². The van der Waals surface area contributed by atoms with E-state index >= 15 is 0 Å².